The van der Waals surface area contributed by atoms with Crippen LogP contribution >= 0.6 is 0 Å². The van der Waals surface area contributed by atoms with Gasteiger partial charge in [0, 0.05) is 0 Å². The molecule has 0 saturated carbocycles. The topological polar surface area (TPSA) is 46.5 Å². The summed E-state index contributed by atoms with van der Waals surface area (Å²) in [5, 5.41) is 9.67. The Balaban J connectivity index is 2.92. The predicted octanol–water partition coefficient (Wildman–Crippen LogP) is 2.58. The summed E-state index contributed by atoms with van der Waals surface area (Å²) < 4.78 is 4.50. The Morgan fingerprint density at radius 3 is 2.29 bits per heavy atom. The summed E-state index contributed by atoms with van der Waals surface area (Å²) in [7, 11) is 1.26. The van der Waals surface area contributed by atoms with E-state index in [9.17, 15) is 9.90 Å². The number of carbonyl (C=O) groups is 1. The third-order valence-corrected chi connectivity index (χ3v) is 3.32. The minimum Gasteiger partial charge on any atom is -0.467 e. The van der Waals surface area contributed by atoms with Crippen LogP contribution in [-0.2, 0) is 14.9 Å². The van der Waals surface area contributed by atoms with Gasteiger partial charge in [-0.15, -0.1) is 0 Å². The number of rotatable bonds is 4. The fourth-order valence-corrected chi connectivity index (χ4v) is 1.57. The first-order valence-corrected chi connectivity index (χ1v) is 5.78. The van der Waals surface area contributed by atoms with Crippen LogP contribution in [0.15, 0.2) is 24.3 Å². The summed E-state index contributed by atoms with van der Waals surface area (Å²) in [6.07, 6.45) is -0.162. The van der Waals surface area contributed by atoms with E-state index in [1.807, 2.05) is 12.1 Å². The molecule has 17 heavy (non-hydrogen) atoms. The van der Waals surface area contributed by atoms with Crippen LogP contribution in [0.4, 0.5) is 0 Å². The zero-order valence-electron chi connectivity index (χ0n) is 10.9. The molecule has 94 valence electrons. The van der Waals surface area contributed by atoms with Crippen molar-refractivity contribution < 1.29 is 14.6 Å². The number of ether oxygens (including phenoxy) is 1. The van der Waals surface area contributed by atoms with Crippen LogP contribution in [0.2, 0.25) is 0 Å². The van der Waals surface area contributed by atoms with Crippen LogP contribution < -0.4 is 0 Å². The fourth-order valence-electron chi connectivity index (χ4n) is 1.57. The van der Waals surface area contributed by atoms with Crippen LogP contribution in [-0.4, -0.2) is 18.2 Å². The lowest BCUT2D eigenvalue weighted by molar-refractivity contribution is -0.150. The molecule has 0 heterocycles. The van der Waals surface area contributed by atoms with Gasteiger partial charge in [0.25, 0.3) is 0 Å². The van der Waals surface area contributed by atoms with Crippen molar-refractivity contribution in [1.82, 2.24) is 0 Å². The minimum absolute atomic E-state index is 0.106. The quantitative estimate of drug-likeness (QED) is 0.817. The first-order chi connectivity index (χ1) is 7.92. The van der Waals surface area contributed by atoms with Crippen LogP contribution in [0.25, 0.3) is 0 Å². The van der Waals surface area contributed by atoms with Gasteiger partial charge in [-0.05, 0) is 23.0 Å². The third-order valence-electron chi connectivity index (χ3n) is 3.32. The van der Waals surface area contributed by atoms with Gasteiger partial charge in [0.1, 0.15) is 0 Å². The molecule has 0 aliphatic rings. The average Bonchev–Trinajstić information content (AvgIpc) is 2.37. The predicted molar refractivity (Wildman–Crippen MR) is 66.7 cm³/mol. The molecule has 0 aromatic heterocycles. The number of aliphatic hydroxyl groups excluding tert-OH is 1. The molecule has 1 aromatic carbocycles. The molecule has 0 aliphatic heterocycles. The van der Waals surface area contributed by atoms with Crippen LogP contribution in [0.5, 0.6) is 0 Å². The van der Waals surface area contributed by atoms with Gasteiger partial charge in [0.05, 0.1) is 7.11 Å². The molecule has 1 atom stereocenters. The summed E-state index contributed by atoms with van der Waals surface area (Å²) >= 11 is 0. The highest BCUT2D eigenvalue weighted by atomic mass is 16.5. The Kier molecular flexibility index (Phi) is 4.29. The first kappa shape index (κ1) is 13.7. The summed E-state index contributed by atoms with van der Waals surface area (Å²) in [6.45, 7) is 6.47. The number of methoxy groups -OCH3 is 1. The largest absolute Gasteiger partial charge is 0.467 e. The van der Waals surface area contributed by atoms with Crippen molar-refractivity contribution >= 4 is 5.97 Å². The van der Waals surface area contributed by atoms with Gasteiger partial charge >= 0.3 is 5.97 Å². The molecule has 1 rings (SSSR count). The van der Waals surface area contributed by atoms with E-state index in [4.69, 9.17) is 0 Å². The van der Waals surface area contributed by atoms with Crippen molar-refractivity contribution in [2.45, 2.75) is 38.7 Å². The van der Waals surface area contributed by atoms with Crippen molar-refractivity contribution in [2.24, 2.45) is 0 Å². The summed E-state index contributed by atoms with van der Waals surface area (Å²) in [5.74, 6) is -0.632. The Morgan fingerprint density at radius 2 is 1.88 bits per heavy atom. The van der Waals surface area contributed by atoms with E-state index < -0.39 is 12.1 Å². The van der Waals surface area contributed by atoms with E-state index in [2.05, 4.69) is 25.5 Å². The standard InChI is InChI=1S/C14H20O3/c1-5-14(2,3)11-8-6-10(7-9-11)12(15)13(16)17-4/h6-9,12,15H,5H2,1-4H3. The average molecular weight is 236 g/mol. The van der Waals surface area contributed by atoms with Crippen LogP contribution in [0.3, 0.4) is 0 Å². The summed E-state index contributed by atoms with van der Waals surface area (Å²) in [5.41, 5.74) is 1.86. The Bertz CT molecular complexity index is 379. The zero-order chi connectivity index (χ0) is 13.1. The molecule has 0 aliphatic carbocycles. The second-order valence-corrected chi connectivity index (χ2v) is 4.79. The summed E-state index contributed by atoms with van der Waals surface area (Å²) in [4.78, 5) is 11.2. The highest BCUT2D eigenvalue weighted by Crippen LogP contribution is 2.27. The molecular formula is C14H20O3. The van der Waals surface area contributed by atoms with Crippen molar-refractivity contribution in [2.75, 3.05) is 7.11 Å². The number of hydrogen-bond acceptors (Lipinski definition) is 3. The van der Waals surface area contributed by atoms with Gasteiger partial charge in [-0.25, -0.2) is 4.79 Å². The smallest absolute Gasteiger partial charge is 0.339 e. The molecule has 1 unspecified atom stereocenters. The monoisotopic (exact) mass is 236 g/mol. The van der Waals surface area contributed by atoms with E-state index in [-0.39, 0.29) is 5.41 Å². The van der Waals surface area contributed by atoms with Crippen LogP contribution in [0, 0.1) is 0 Å². The van der Waals surface area contributed by atoms with E-state index in [1.54, 1.807) is 12.1 Å². The van der Waals surface area contributed by atoms with E-state index in [0.29, 0.717) is 5.56 Å². The molecule has 3 heteroatoms. The number of benzene rings is 1. The molecule has 0 radical (unpaired) electrons. The maximum absolute atomic E-state index is 11.2. The lowest BCUT2D eigenvalue weighted by Gasteiger charge is -2.23. The SMILES string of the molecule is CCC(C)(C)c1ccc(C(O)C(=O)OC)cc1. The van der Waals surface area contributed by atoms with Crippen molar-refractivity contribution in [3.8, 4) is 0 Å². The van der Waals surface area contributed by atoms with E-state index in [1.165, 1.54) is 12.7 Å². The number of hydrogen-bond donors (Lipinski definition) is 1. The Morgan fingerprint density at radius 1 is 1.35 bits per heavy atom. The lowest BCUT2D eigenvalue weighted by atomic mass is 9.82. The highest BCUT2D eigenvalue weighted by molar-refractivity contribution is 5.76. The Hall–Kier alpha value is -1.35. The molecular weight excluding hydrogens is 216 g/mol. The van der Waals surface area contributed by atoms with E-state index >= 15 is 0 Å². The minimum atomic E-state index is -1.20. The second kappa shape index (κ2) is 5.32. The number of carbonyl (C=O) groups excluding carboxylic acids is 1. The van der Waals surface area contributed by atoms with Gasteiger partial charge in [-0.2, -0.15) is 0 Å². The Labute approximate surface area is 102 Å². The number of esters is 1. The second-order valence-electron chi connectivity index (χ2n) is 4.79. The molecule has 0 amide bonds. The van der Waals surface area contributed by atoms with Gasteiger partial charge < -0.3 is 9.84 Å². The highest BCUT2D eigenvalue weighted by Gasteiger charge is 2.20. The van der Waals surface area contributed by atoms with E-state index in [0.717, 1.165) is 6.42 Å². The third kappa shape index (κ3) is 3.07. The fraction of sp³-hybridized carbons (Fsp3) is 0.500. The van der Waals surface area contributed by atoms with Gasteiger partial charge in [-0.1, -0.05) is 45.0 Å². The zero-order valence-corrected chi connectivity index (χ0v) is 10.9. The molecule has 0 fully saturated rings. The normalized spacial score (nSPS) is 13.2. The summed E-state index contributed by atoms with van der Waals surface area (Å²) in [6, 6.07) is 7.44. The van der Waals surface area contributed by atoms with Crippen LogP contribution in [0.1, 0.15) is 44.4 Å². The lowest BCUT2D eigenvalue weighted by Crippen LogP contribution is -2.16. The van der Waals surface area contributed by atoms with Crippen molar-refractivity contribution in [3.05, 3.63) is 35.4 Å². The number of aliphatic hydroxyl groups is 1. The molecule has 1 N–H and O–H groups in total. The van der Waals surface area contributed by atoms with Gasteiger partial charge in [-0.3, -0.25) is 0 Å². The molecule has 0 bridgehead atoms. The van der Waals surface area contributed by atoms with Gasteiger partial charge in [0.2, 0.25) is 0 Å². The van der Waals surface area contributed by atoms with Gasteiger partial charge in [0.15, 0.2) is 6.10 Å². The molecule has 3 nitrogen and oxygen atoms in total. The van der Waals surface area contributed by atoms with Crippen molar-refractivity contribution in [1.29, 1.82) is 0 Å². The maximum atomic E-state index is 11.2. The van der Waals surface area contributed by atoms with Crippen molar-refractivity contribution in [3.63, 3.8) is 0 Å². The molecule has 1 aromatic rings. The first-order valence-electron chi connectivity index (χ1n) is 5.78. The molecule has 0 spiro atoms. The maximum Gasteiger partial charge on any atom is 0.339 e. The molecule has 0 saturated heterocycles.